The largest absolute Gasteiger partial charge is 0.454 e. The first-order valence-corrected chi connectivity index (χ1v) is 13.0. The van der Waals surface area contributed by atoms with E-state index in [4.69, 9.17) is 9.47 Å². The van der Waals surface area contributed by atoms with Gasteiger partial charge in [-0.1, -0.05) is 48.5 Å². The van der Waals surface area contributed by atoms with E-state index in [9.17, 15) is 8.42 Å². The molecule has 1 unspecified atom stereocenters. The second kappa shape index (κ2) is 9.76. The van der Waals surface area contributed by atoms with Gasteiger partial charge in [0.25, 0.3) is 0 Å². The summed E-state index contributed by atoms with van der Waals surface area (Å²) in [5, 5.41) is 0. The topological polar surface area (TPSA) is 71.1 Å². The van der Waals surface area contributed by atoms with Crippen LogP contribution in [0.5, 0.6) is 11.5 Å². The average molecular weight is 480 g/mol. The van der Waals surface area contributed by atoms with Gasteiger partial charge in [-0.3, -0.25) is 4.90 Å². The normalized spacial score (nSPS) is 17.6. The molecule has 0 aromatic heterocycles. The Balaban J connectivity index is 1.35. The summed E-state index contributed by atoms with van der Waals surface area (Å²) in [5.74, 6) is 1.43. The van der Waals surface area contributed by atoms with Crippen molar-refractivity contribution < 1.29 is 17.9 Å². The first kappa shape index (κ1) is 22.9. The Morgan fingerprint density at radius 3 is 2.26 bits per heavy atom. The van der Waals surface area contributed by atoms with Crippen LogP contribution < -0.4 is 14.2 Å². The molecule has 3 aromatic carbocycles. The van der Waals surface area contributed by atoms with E-state index < -0.39 is 10.0 Å². The van der Waals surface area contributed by atoms with Crippen molar-refractivity contribution in [3.8, 4) is 22.6 Å². The lowest BCUT2D eigenvalue weighted by molar-refractivity contribution is 0.112. The van der Waals surface area contributed by atoms with Crippen LogP contribution in [-0.4, -0.2) is 64.8 Å². The maximum atomic E-state index is 13.2. The maximum absolute atomic E-state index is 13.2. The monoisotopic (exact) mass is 479 g/mol. The van der Waals surface area contributed by atoms with E-state index in [1.165, 1.54) is 0 Å². The summed E-state index contributed by atoms with van der Waals surface area (Å²) in [7, 11) is -1.56. The molecule has 0 bridgehead atoms. The van der Waals surface area contributed by atoms with Crippen molar-refractivity contribution in [2.75, 3.05) is 46.6 Å². The molecule has 0 aliphatic carbocycles. The summed E-state index contributed by atoms with van der Waals surface area (Å²) < 4.78 is 40.2. The maximum Gasteiger partial charge on any atom is 0.240 e. The summed E-state index contributed by atoms with van der Waals surface area (Å²) in [6.07, 6.45) is 0. The number of nitrogens with zero attached hydrogens (tertiary/aromatic N) is 2. The molecule has 178 valence electrons. The summed E-state index contributed by atoms with van der Waals surface area (Å²) in [4.78, 5) is 4.87. The molecular weight excluding hydrogens is 450 g/mol. The Bertz CT molecular complexity index is 1220. The van der Waals surface area contributed by atoms with Crippen molar-refractivity contribution in [3.63, 3.8) is 0 Å². The van der Waals surface area contributed by atoms with Crippen LogP contribution in [0.3, 0.4) is 0 Å². The average Bonchev–Trinajstić information content (AvgIpc) is 3.34. The molecule has 7 nitrogen and oxygen atoms in total. The molecule has 8 heteroatoms. The fraction of sp³-hybridized carbons (Fsp3) is 0.308. The van der Waals surface area contributed by atoms with E-state index in [-0.39, 0.29) is 24.3 Å². The minimum absolute atomic E-state index is 0.110. The summed E-state index contributed by atoms with van der Waals surface area (Å²) >= 11 is 0. The minimum atomic E-state index is -3.67. The summed E-state index contributed by atoms with van der Waals surface area (Å²) in [5.41, 5.74) is 3.04. The number of ether oxygens (including phenoxy) is 2. The molecule has 0 amide bonds. The second-order valence-corrected chi connectivity index (χ2v) is 10.5. The molecule has 0 saturated carbocycles. The molecule has 1 atom stereocenters. The Kier molecular flexibility index (Phi) is 6.56. The highest BCUT2D eigenvalue weighted by Gasteiger charge is 2.27. The number of sulfonamides is 1. The lowest BCUT2D eigenvalue weighted by Gasteiger charge is -2.38. The lowest BCUT2D eigenvalue weighted by Crippen LogP contribution is -2.48. The predicted molar refractivity (Wildman–Crippen MR) is 131 cm³/mol. The number of piperazine rings is 1. The highest BCUT2D eigenvalue weighted by Crippen LogP contribution is 2.35. The van der Waals surface area contributed by atoms with E-state index >= 15 is 0 Å². The zero-order valence-electron chi connectivity index (χ0n) is 19.2. The van der Waals surface area contributed by atoms with Gasteiger partial charge in [0.15, 0.2) is 11.5 Å². The molecule has 0 radical (unpaired) electrons. The molecular formula is C26H29N3O4S. The van der Waals surface area contributed by atoms with E-state index in [2.05, 4.69) is 21.6 Å². The zero-order valence-corrected chi connectivity index (χ0v) is 20.0. The van der Waals surface area contributed by atoms with Crippen LogP contribution >= 0.6 is 0 Å². The van der Waals surface area contributed by atoms with E-state index in [0.717, 1.165) is 48.6 Å². The molecule has 2 aliphatic heterocycles. The minimum Gasteiger partial charge on any atom is -0.454 e. The Morgan fingerprint density at radius 1 is 0.853 bits per heavy atom. The van der Waals surface area contributed by atoms with E-state index in [1.54, 1.807) is 12.1 Å². The van der Waals surface area contributed by atoms with Crippen molar-refractivity contribution in [2.45, 2.75) is 10.9 Å². The van der Waals surface area contributed by atoms with Crippen LogP contribution in [-0.2, 0) is 10.0 Å². The number of nitrogens with one attached hydrogen (secondary N) is 1. The number of hydrogen-bond donors (Lipinski definition) is 1. The molecule has 1 saturated heterocycles. The molecule has 2 heterocycles. The van der Waals surface area contributed by atoms with Crippen LogP contribution in [0.4, 0.5) is 0 Å². The number of likely N-dealkylation sites (N-methyl/N-ethyl adjacent to an activating group) is 1. The second-order valence-electron chi connectivity index (χ2n) is 8.71. The van der Waals surface area contributed by atoms with Crippen LogP contribution in [0.1, 0.15) is 11.6 Å². The van der Waals surface area contributed by atoms with E-state index in [1.807, 2.05) is 60.7 Å². The fourth-order valence-corrected chi connectivity index (χ4v) is 5.48. The molecule has 1 N–H and O–H groups in total. The van der Waals surface area contributed by atoms with Gasteiger partial charge in [-0.2, -0.15) is 0 Å². The van der Waals surface area contributed by atoms with E-state index in [0.29, 0.717) is 5.75 Å². The molecule has 3 aromatic rings. The first-order chi connectivity index (χ1) is 16.5. The van der Waals surface area contributed by atoms with Crippen molar-refractivity contribution in [3.05, 3.63) is 78.4 Å². The molecule has 0 spiro atoms. The molecule has 2 aliphatic rings. The van der Waals surface area contributed by atoms with Gasteiger partial charge in [-0.15, -0.1) is 0 Å². The van der Waals surface area contributed by atoms with Crippen molar-refractivity contribution in [2.24, 2.45) is 0 Å². The van der Waals surface area contributed by atoms with Gasteiger partial charge in [0.1, 0.15) is 0 Å². The number of fused-ring (bicyclic) bond motifs is 1. The van der Waals surface area contributed by atoms with Gasteiger partial charge >= 0.3 is 0 Å². The highest BCUT2D eigenvalue weighted by atomic mass is 32.2. The Labute approximate surface area is 201 Å². The Morgan fingerprint density at radius 2 is 1.53 bits per heavy atom. The third kappa shape index (κ3) is 4.95. The first-order valence-electron chi connectivity index (χ1n) is 11.5. The molecule has 34 heavy (non-hydrogen) atoms. The third-order valence-corrected chi connectivity index (χ3v) is 7.94. The molecule has 5 rings (SSSR count). The number of hydrogen-bond acceptors (Lipinski definition) is 6. The van der Waals surface area contributed by atoms with Crippen molar-refractivity contribution in [1.29, 1.82) is 0 Å². The van der Waals surface area contributed by atoms with Crippen molar-refractivity contribution >= 4 is 10.0 Å². The zero-order chi connectivity index (χ0) is 23.5. The quantitative estimate of drug-likeness (QED) is 0.561. The smallest absolute Gasteiger partial charge is 0.240 e. The lowest BCUT2D eigenvalue weighted by atomic mass is 10.0. The highest BCUT2D eigenvalue weighted by molar-refractivity contribution is 7.89. The summed E-state index contributed by atoms with van der Waals surface area (Å²) in [6.45, 7) is 4.09. The van der Waals surface area contributed by atoms with Gasteiger partial charge in [-0.25, -0.2) is 13.1 Å². The van der Waals surface area contributed by atoms with Crippen molar-refractivity contribution in [1.82, 2.24) is 14.5 Å². The number of benzene rings is 3. The van der Waals surface area contributed by atoms with Crippen LogP contribution in [0.2, 0.25) is 0 Å². The SMILES string of the molecule is CN1CCN(C(CNS(=O)(=O)c2ccc(-c3ccccc3)cc2)c2ccc3c(c2)OCO3)CC1. The van der Waals surface area contributed by atoms with Gasteiger partial charge in [0.05, 0.1) is 4.90 Å². The Hall–Kier alpha value is -2.91. The van der Waals surface area contributed by atoms with Gasteiger partial charge in [0.2, 0.25) is 16.8 Å². The standard InChI is InChI=1S/C26H29N3O4S/c1-28-13-15-29(16-14-28)24(22-9-12-25-26(17-22)33-19-32-25)18-27-34(30,31)23-10-7-21(8-11-23)20-5-3-2-4-6-20/h2-12,17,24,27H,13-16,18-19H2,1H3. The predicted octanol–water partition coefficient (Wildman–Crippen LogP) is 3.35. The van der Waals surface area contributed by atoms with Crippen LogP contribution in [0.25, 0.3) is 11.1 Å². The fourth-order valence-electron chi connectivity index (χ4n) is 4.44. The number of rotatable bonds is 7. The molecule has 1 fully saturated rings. The van der Waals surface area contributed by atoms with Crippen LogP contribution in [0, 0.1) is 0 Å². The van der Waals surface area contributed by atoms with Gasteiger partial charge < -0.3 is 14.4 Å². The summed E-state index contributed by atoms with van der Waals surface area (Å²) in [6, 6.07) is 22.7. The van der Waals surface area contributed by atoms with Gasteiger partial charge in [-0.05, 0) is 48.0 Å². The third-order valence-electron chi connectivity index (χ3n) is 6.50. The van der Waals surface area contributed by atoms with Crippen LogP contribution in [0.15, 0.2) is 77.7 Å². The van der Waals surface area contributed by atoms with Gasteiger partial charge in [0, 0.05) is 38.8 Å².